The summed E-state index contributed by atoms with van der Waals surface area (Å²) in [4.78, 5) is 32.5. The average Bonchev–Trinajstić information content (AvgIpc) is 3.82. The minimum Gasteiger partial charge on any atom is -0.354 e. The number of rotatable bonds is 11. The van der Waals surface area contributed by atoms with E-state index >= 15 is 4.39 Å². The van der Waals surface area contributed by atoms with Crippen molar-refractivity contribution in [3.05, 3.63) is 99.8 Å². The fourth-order valence-electron chi connectivity index (χ4n) is 4.69. The quantitative estimate of drug-likeness (QED) is 0.0536. The number of amides is 2. The van der Waals surface area contributed by atoms with E-state index in [1.165, 1.54) is 18.3 Å². The second kappa shape index (κ2) is 13.0. The predicted molar refractivity (Wildman–Crippen MR) is 158 cm³/mol. The third kappa shape index (κ3) is 7.07. The van der Waals surface area contributed by atoms with Crippen molar-refractivity contribution in [3.63, 3.8) is 0 Å². The number of nitrogens with one attached hydrogen (secondary N) is 3. The van der Waals surface area contributed by atoms with E-state index in [0.29, 0.717) is 18.5 Å². The predicted octanol–water partition coefficient (Wildman–Crippen LogP) is 7.52. The van der Waals surface area contributed by atoms with Gasteiger partial charge in [-0.05, 0) is 78.7 Å². The summed E-state index contributed by atoms with van der Waals surface area (Å²) in [5, 5.41) is 12.2. The van der Waals surface area contributed by atoms with Crippen molar-refractivity contribution in [1.82, 2.24) is 15.6 Å². The van der Waals surface area contributed by atoms with Crippen LogP contribution in [0, 0.1) is 5.82 Å². The number of halogens is 4. The number of carbonyl (C=O) groups excluding carboxylic acids is 2. The summed E-state index contributed by atoms with van der Waals surface area (Å²) in [5.74, 6) is -2.14. The van der Waals surface area contributed by atoms with E-state index in [9.17, 15) is 22.8 Å². The second-order valence-corrected chi connectivity index (χ2v) is 10.3. The van der Waals surface area contributed by atoms with Crippen LogP contribution in [-0.2, 0) is 6.18 Å². The maximum absolute atomic E-state index is 15.2. The third-order valence-electron chi connectivity index (χ3n) is 7.07. The van der Waals surface area contributed by atoms with E-state index in [0.717, 1.165) is 31.0 Å². The van der Waals surface area contributed by atoms with Gasteiger partial charge in [-0.2, -0.15) is 13.2 Å². The van der Waals surface area contributed by atoms with Gasteiger partial charge < -0.3 is 16.0 Å². The van der Waals surface area contributed by atoms with Crippen LogP contribution >= 0.6 is 0 Å². The van der Waals surface area contributed by atoms with Gasteiger partial charge in [-0.15, -0.1) is 0 Å². The summed E-state index contributed by atoms with van der Waals surface area (Å²) in [7, 11) is 0. The Morgan fingerprint density at radius 3 is 2.45 bits per heavy atom. The first kappa shape index (κ1) is 30.3. The van der Waals surface area contributed by atoms with Crippen LogP contribution in [0.25, 0.3) is 32.5 Å². The highest BCUT2D eigenvalue weighted by atomic mass is 19.4. The van der Waals surface area contributed by atoms with Crippen LogP contribution in [0.4, 0.5) is 28.9 Å². The van der Waals surface area contributed by atoms with E-state index < -0.39 is 29.4 Å². The fourth-order valence-corrected chi connectivity index (χ4v) is 4.69. The first-order valence-electron chi connectivity index (χ1n) is 13.9. The molecule has 5 rings (SSSR count). The lowest BCUT2D eigenvalue weighted by Gasteiger charge is -2.19. The first-order chi connectivity index (χ1) is 21.2. The van der Waals surface area contributed by atoms with Crippen LogP contribution in [0.5, 0.6) is 0 Å². The van der Waals surface area contributed by atoms with Gasteiger partial charge in [-0.25, -0.2) is 4.39 Å². The maximum Gasteiger partial charge on any atom is 0.417 e. The summed E-state index contributed by atoms with van der Waals surface area (Å²) < 4.78 is 58.2. The molecular formula is C31H27F4N7O2. The van der Waals surface area contributed by atoms with Crippen LogP contribution in [0.3, 0.4) is 0 Å². The van der Waals surface area contributed by atoms with Crippen LogP contribution in [-0.4, -0.2) is 35.9 Å². The highest BCUT2D eigenvalue weighted by Gasteiger charge is 2.35. The number of alkyl halides is 3. The van der Waals surface area contributed by atoms with Crippen molar-refractivity contribution in [2.75, 3.05) is 18.4 Å². The molecule has 9 nitrogen and oxygen atoms in total. The summed E-state index contributed by atoms with van der Waals surface area (Å²) in [6.07, 6.45) is -0.885. The van der Waals surface area contributed by atoms with Gasteiger partial charge in [0.25, 0.3) is 11.8 Å². The summed E-state index contributed by atoms with van der Waals surface area (Å²) in [6, 6.07) is 14.2. The Hall–Kier alpha value is -5.16. The van der Waals surface area contributed by atoms with Gasteiger partial charge in [0.15, 0.2) is 0 Å². The van der Waals surface area contributed by atoms with Gasteiger partial charge in [0, 0.05) is 41.3 Å². The zero-order valence-corrected chi connectivity index (χ0v) is 23.3. The minimum absolute atomic E-state index is 0.0144. The molecule has 1 saturated carbocycles. The van der Waals surface area contributed by atoms with E-state index in [-0.39, 0.29) is 58.0 Å². The number of unbranched alkanes of at least 4 members (excludes halogenated alkanes) is 1. The number of hydrogen-bond donors (Lipinski definition) is 3. The molecule has 0 aliphatic heterocycles. The molecule has 4 aromatic rings. The molecule has 1 aliphatic carbocycles. The number of pyridine rings is 1. The summed E-state index contributed by atoms with van der Waals surface area (Å²) in [6.45, 7) is 0.457. The molecule has 226 valence electrons. The largest absolute Gasteiger partial charge is 0.417 e. The molecule has 44 heavy (non-hydrogen) atoms. The van der Waals surface area contributed by atoms with Crippen molar-refractivity contribution in [1.29, 1.82) is 0 Å². The van der Waals surface area contributed by atoms with Crippen LogP contribution in [0.15, 0.2) is 72.0 Å². The molecule has 3 N–H and O–H groups in total. The molecule has 0 radical (unpaired) electrons. The lowest BCUT2D eigenvalue weighted by Crippen LogP contribution is -2.26. The smallest absolute Gasteiger partial charge is 0.354 e. The molecule has 1 aromatic heterocycles. The van der Waals surface area contributed by atoms with Gasteiger partial charge in [0.2, 0.25) is 0 Å². The van der Waals surface area contributed by atoms with E-state index in [1.807, 2.05) is 0 Å². The molecule has 2 amide bonds. The Balaban J connectivity index is 1.55. The molecule has 0 bridgehead atoms. The standard InChI is InChI=1S/C31H27F4N7O2/c32-26-14-18(8-11-21(26)29(43)37-12-4-5-13-39-42-36)22-15-23-27(16-25(22)31(33,34)35)38-17-24(30(44)41-20-9-10-20)28(23)40-19-6-2-1-3-7-19/h1-3,6-8,11,14-17,20H,4-5,9-10,12-13H2,(H,37,43)(H,38,40)(H,41,44). The monoisotopic (exact) mass is 605 g/mol. The average molecular weight is 606 g/mol. The SMILES string of the molecule is [N-]=[N+]=NCCCCNC(=O)c1ccc(-c2cc3c(Nc4ccccc4)c(C(=O)NC4CC4)cnc3cc2C(F)(F)F)cc1F. The highest BCUT2D eigenvalue weighted by Crippen LogP contribution is 2.42. The van der Waals surface area contributed by atoms with Crippen molar-refractivity contribution in [3.8, 4) is 11.1 Å². The molecule has 3 aromatic carbocycles. The Morgan fingerprint density at radius 2 is 1.77 bits per heavy atom. The second-order valence-electron chi connectivity index (χ2n) is 10.3. The molecule has 1 aliphatic rings. The van der Waals surface area contributed by atoms with Crippen molar-refractivity contribution >= 4 is 34.1 Å². The number of nitrogens with zero attached hydrogens (tertiary/aromatic N) is 4. The maximum atomic E-state index is 15.2. The number of fused-ring (bicyclic) bond motifs is 1. The van der Waals surface area contributed by atoms with Crippen LogP contribution in [0.2, 0.25) is 0 Å². The molecule has 0 unspecified atom stereocenters. The van der Waals surface area contributed by atoms with Gasteiger partial charge in [0.1, 0.15) is 5.82 Å². The number of azide groups is 1. The Labute approximate surface area is 249 Å². The topological polar surface area (TPSA) is 132 Å². The van der Waals surface area contributed by atoms with Crippen molar-refractivity contribution < 1.29 is 27.2 Å². The van der Waals surface area contributed by atoms with Crippen LogP contribution < -0.4 is 16.0 Å². The van der Waals surface area contributed by atoms with E-state index in [4.69, 9.17) is 5.53 Å². The molecule has 0 atom stereocenters. The number of para-hydroxylation sites is 1. The van der Waals surface area contributed by atoms with Crippen molar-refractivity contribution in [2.24, 2.45) is 5.11 Å². The Morgan fingerprint density at radius 1 is 1.00 bits per heavy atom. The first-order valence-corrected chi connectivity index (χ1v) is 13.9. The number of hydrogen-bond acceptors (Lipinski definition) is 5. The normalized spacial score (nSPS) is 12.8. The van der Waals surface area contributed by atoms with Crippen molar-refractivity contribution in [2.45, 2.75) is 37.9 Å². The number of aromatic nitrogens is 1. The Kier molecular flexibility index (Phi) is 8.96. The van der Waals surface area contributed by atoms with E-state index in [1.54, 1.807) is 30.3 Å². The molecule has 0 spiro atoms. The molecule has 1 heterocycles. The lowest BCUT2D eigenvalue weighted by atomic mass is 9.94. The number of anilines is 2. The highest BCUT2D eigenvalue weighted by molar-refractivity contribution is 6.09. The summed E-state index contributed by atoms with van der Waals surface area (Å²) >= 11 is 0. The number of benzene rings is 3. The zero-order chi connectivity index (χ0) is 31.3. The third-order valence-corrected chi connectivity index (χ3v) is 7.07. The van der Waals surface area contributed by atoms with Gasteiger partial charge in [0.05, 0.1) is 27.9 Å². The van der Waals surface area contributed by atoms with Gasteiger partial charge in [-0.1, -0.05) is 29.4 Å². The molecule has 0 saturated heterocycles. The van der Waals surface area contributed by atoms with Gasteiger partial charge in [-0.3, -0.25) is 14.6 Å². The summed E-state index contributed by atoms with van der Waals surface area (Å²) in [5.41, 5.74) is 7.47. The zero-order valence-electron chi connectivity index (χ0n) is 23.3. The molecule has 1 fully saturated rings. The van der Waals surface area contributed by atoms with E-state index in [2.05, 4.69) is 31.0 Å². The van der Waals surface area contributed by atoms with Gasteiger partial charge >= 0.3 is 6.18 Å². The molecule has 13 heteroatoms. The minimum atomic E-state index is -4.82. The lowest BCUT2D eigenvalue weighted by molar-refractivity contribution is -0.137. The fraction of sp³-hybridized carbons (Fsp3) is 0.258. The molecular weight excluding hydrogens is 578 g/mol. The Bertz CT molecular complexity index is 1750. The number of carbonyl (C=O) groups is 2. The van der Waals surface area contributed by atoms with Crippen LogP contribution in [0.1, 0.15) is 52.0 Å².